The molecule has 3 nitrogen and oxygen atoms in total. The number of carbonyl (C=O) groups excluding carboxylic acids is 1. The van der Waals surface area contributed by atoms with Crippen LogP contribution in [0.1, 0.15) is 24.6 Å². The van der Waals surface area contributed by atoms with Crippen LogP contribution in [-0.2, 0) is 4.79 Å². The number of fused-ring (bicyclic) bond motifs is 1. The lowest BCUT2D eigenvalue weighted by Gasteiger charge is -2.02. The van der Waals surface area contributed by atoms with Crippen molar-refractivity contribution < 1.29 is 4.79 Å². The van der Waals surface area contributed by atoms with Gasteiger partial charge in [-0.25, -0.2) is 0 Å². The average Bonchev–Trinajstić information content (AvgIpc) is 2.81. The van der Waals surface area contributed by atoms with Crippen LogP contribution in [0.3, 0.4) is 0 Å². The van der Waals surface area contributed by atoms with Crippen LogP contribution in [0.2, 0.25) is 5.02 Å². The molecule has 21 heavy (non-hydrogen) atoms. The Bertz CT molecular complexity index is 727. The molecule has 1 aromatic carbocycles. The Balaban J connectivity index is 2.28. The van der Waals surface area contributed by atoms with Gasteiger partial charge >= 0.3 is 0 Å². The number of unbranched alkanes of at least 4 members (excludes halogenated alkanes) is 1. The molecule has 5 heteroatoms. The van der Waals surface area contributed by atoms with E-state index in [1.165, 1.54) is 11.3 Å². The van der Waals surface area contributed by atoms with E-state index in [0.717, 1.165) is 27.8 Å². The third-order valence-electron chi connectivity index (χ3n) is 3.02. The average molecular weight is 319 g/mol. The van der Waals surface area contributed by atoms with Gasteiger partial charge in [0.25, 0.3) is 5.91 Å². The summed E-state index contributed by atoms with van der Waals surface area (Å²) < 4.78 is 1.04. The number of hydrogen-bond donors (Lipinski definition) is 1. The number of rotatable bonds is 5. The standard InChI is InChI=1S/C16H15ClN2OS/c1-2-3-8-19-16(20)11(10-18)9-14-15(17)12-6-4-5-7-13(12)21-14/h4-7,9H,2-3,8H2,1H3,(H,19,20)/b11-9+. The summed E-state index contributed by atoms with van der Waals surface area (Å²) in [6.07, 6.45) is 3.45. The molecule has 0 saturated carbocycles. The van der Waals surface area contributed by atoms with Gasteiger partial charge in [-0.2, -0.15) is 5.26 Å². The molecule has 0 fully saturated rings. The number of nitriles is 1. The van der Waals surface area contributed by atoms with Gasteiger partial charge in [0, 0.05) is 21.5 Å². The van der Waals surface area contributed by atoms with E-state index in [-0.39, 0.29) is 11.5 Å². The second-order valence-electron chi connectivity index (χ2n) is 4.56. The Labute approximate surface area is 132 Å². The van der Waals surface area contributed by atoms with E-state index in [1.54, 1.807) is 6.08 Å². The van der Waals surface area contributed by atoms with E-state index in [0.29, 0.717) is 11.6 Å². The number of carbonyl (C=O) groups is 1. The lowest BCUT2D eigenvalue weighted by Crippen LogP contribution is -2.25. The first-order valence-corrected chi connectivity index (χ1v) is 7.93. The Morgan fingerprint density at radius 3 is 2.90 bits per heavy atom. The van der Waals surface area contributed by atoms with Crippen molar-refractivity contribution in [3.63, 3.8) is 0 Å². The Kier molecular flexibility index (Phi) is 5.38. The van der Waals surface area contributed by atoms with Gasteiger partial charge in [0.15, 0.2) is 0 Å². The van der Waals surface area contributed by atoms with Crippen LogP contribution >= 0.6 is 22.9 Å². The van der Waals surface area contributed by atoms with Gasteiger partial charge in [-0.15, -0.1) is 11.3 Å². The van der Waals surface area contributed by atoms with Crippen LogP contribution in [0.15, 0.2) is 29.8 Å². The SMILES string of the molecule is CCCCNC(=O)/C(C#N)=C/c1sc2ccccc2c1Cl. The van der Waals surface area contributed by atoms with Crippen molar-refractivity contribution in [1.82, 2.24) is 5.32 Å². The highest BCUT2D eigenvalue weighted by Crippen LogP contribution is 2.36. The van der Waals surface area contributed by atoms with Crippen LogP contribution in [0.5, 0.6) is 0 Å². The molecular formula is C16H15ClN2OS. The first-order valence-electron chi connectivity index (χ1n) is 6.74. The number of hydrogen-bond acceptors (Lipinski definition) is 3. The summed E-state index contributed by atoms with van der Waals surface area (Å²) in [6.45, 7) is 2.62. The van der Waals surface area contributed by atoms with Gasteiger partial charge < -0.3 is 5.32 Å². The molecule has 0 bridgehead atoms. The zero-order chi connectivity index (χ0) is 15.2. The molecule has 0 aliphatic rings. The molecule has 2 aromatic rings. The zero-order valence-corrected chi connectivity index (χ0v) is 13.2. The molecule has 1 amide bonds. The largest absolute Gasteiger partial charge is 0.351 e. The fourth-order valence-corrected chi connectivity index (χ4v) is 3.31. The van der Waals surface area contributed by atoms with E-state index in [1.807, 2.05) is 37.3 Å². The number of amides is 1. The quantitative estimate of drug-likeness (QED) is 0.505. The maximum Gasteiger partial charge on any atom is 0.261 e. The third kappa shape index (κ3) is 3.63. The Hall–Kier alpha value is -1.83. The van der Waals surface area contributed by atoms with Gasteiger partial charge in [0.1, 0.15) is 11.6 Å². The minimum absolute atomic E-state index is 0.0829. The molecule has 0 aliphatic heterocycles. The molecule has 1 N–H and O–H groups in total. The molecular weight excluding hydrogens is 304 g/mol. The first kappa shape index (κ1) is 15.6. The normalized spacial score (nSPS) is 11.4. The van der Waals surface area contributed by atoms with Gasteiger partial charge in [-0.3, -0.25) is 4.79 Å². The number of thiophene rings is 1. The second kappa shape index (κ2) is 7.26. The number of benzene rings is 1. The Morgan fingerprint density at radius 2 is 2.24 bits per heavy atom. The van der Waals surface area contributed by atoms with E-state index in [9.17, 15) is 4.79 Å². The number of halogens is 1. The molecule has 0 aliphatic carbocycles. The predicted octanol–water partition coefficient (Wildman–Crippen LogP) is 4.38. The highest BCUT2D eigenvalue weighted by molar-refractivity contribution is 7.20. The predicted molar refractivity (Wildman–Crippen MR) is 88.3 cm³/mol. The fraction of sp³-hybridized carbons (Fsp3) is 0.250. The van der Waals surface area contributed by atoms with Crippen molar-refractivity contribution in [2.45, 2.75) is 19.8 Å². The molecule has 0 saturated heterocycles. The van der Waals surface area contributed by atoms with Crippen LogP contribution in [0.4, 0.5) is 0 Å². The molecule has 0 atom stereocenters. The molecule has 0 unspecified atom stereocenters. The fourth-order valence-electron chi connectivity index (χ4n) is 1.88. The lowest BCUT2D eigenvalue weighted by molar-refractivity contribution is -0.117. The summed E-state index contributed by atoms with van der Waals surface area (Å²) in [7, 11) is 0. The molecule has 1 aromatic heterocycles. The Morgan fingerprint density at radius 1 is 1.48 bits per heavy atom. The topological polar surface area (TPSA) is 52.9 Å². The van der Waals surface area contributed by atoms with Crippen LogP contribution in [-0.4, -0.2) is 12.5 Å². The summed E-state index contributed by atoms with van der Waals surface area (Å²) in [5.74, 6) is -0.348. The summed E-state index contributed by atoms with van der Waals surface area (Å²) in [5, 5.41) is 13.4. The van der Waals surface area contributed by atoms with E-state index >= 15 is 0 Å². The lowest BCUT2D eigenvalue weighted by atomic mass is 10.2. The summed E-state index contributed by atoms with van der Waals surface area (Å²) in [5.41, 5.74) is 0.0829. The van der Waals surface area contributed by atoms with Gasteiger partial charge in [0.2, 0.25) is 0 Å². The maximum absolute atomic E-state index is 11.9. The third-order valence-corrected chi connectivity index (χ3v) is 4.65. The molecule has 2 rings (SSSR count). The number of nitrogens with zero attached hydrogens (tertiary/aromatic N) is 1. The molecule has 0 spiro atoms. The van der Waals surface area contributed by atoms with Crippen molar-refractivity contribution in [3.05, 3.63) is 39.7 Å². The minimum Gasteiger partial charge on any atom is -0.351 e. The smallest absolute Gasteiger partial charge is 0.261 e. The summed E-state index contributed by atoms with van der Waals surface area (Å²) in [6, 6.07) is 9.69. The first-order chi connectivity index (χ1) is 10.2. The second-order valence-corrected chi connectivity index (χ2v) is 6.02. The van der Waals surface area contributed by atoms with Crippen molar-refractivity contribution in [1.29, 1.82) is 5.26 Å². The molecule has 108 valence electrons. The van der Waals surface area contributed by atoms with Crippen LogP contribution in [0.25, 0.3) is 16.2 Å². The highest BCUT2D eigenvalue weighted by atomic mass is 35.5. The monoisotopic (exact) mass is 318 g/mol. The van der Waals surface area contributed by atoms with Crippen molar-refractivity contribution >= 4 is 45.0 Å². The zero-order valence-electron chi connectivity index (χ0n) is 11.6. The highest BCUT2D eigenvalue weighted by Gasteiger charge is 2.12. The van der Waals surface area contributed by atoms with Crippen molar-refractivity contribution in [2.24, 2.45) is 0 Å². The molecule has 1 heterocycles. The van der Waals surface area contributed by atoms with Crippen molar-refractivity contribution in [2.75, 3.05) is 6.54 Å². The summed E-state index contributed by atoms with van der Waals surface area (Å²) >= 11 is 7.79. The summed E-state index contributed by atoms with van der Waals surface area (Å²) in [4.78, 5) is 12.7. The van der Waals surface area contributed by atoms with Crippen LogP contribution < -0.4 is 5.32 Å². The van der Waals surface area contributed by atoms with Gasteiger partial charge in [-0.05, 0) is 18.6 Å². The maximum atomic E-state index is 11.9. The van der Waals surface area contributed by atoms with Crippen LogP contribution in [0, 0.1) is 11.3 Å². The van der Waals surface area contributed by atoms with E-state index in [2.05, 4.69) is 5.32 Å². The minimum atomic E-state index is -0.348. The number of nitrogens with one attached hydrogen (secondary N) is 1. The van der Waals surface area contributed by atoms with E-state index in [4.69, 9.17) is 16.9 Å². The van der Waals surface area contributed by atoms with Crippen molar-refractivity contribution in [3.8, 4) is 6.07 Å². The van der Waals surface area contributed by atoms with E-state index < -0.39 is 0 Å². The van der Waals surface area contributed by atoms with Gasteiger partial charge in [-0.1, -0.05) is 43.1 Å². The molecule has 0 radical (unpaired) electrons. The van der Waals surface area contributed by atoms with Gasteiger partial charge in [0.05, 0.1) is 5.02 Å².